The van der Waals surface area contributed by atoms with Crippen LogP contribution in [0.5, 0.6) is 0 Å². The molecule has 0 saturated carbocycles. The first kappa shape index (κ1) is 9.65. The highest BCUT2D eigenvalue weighted by Crippen LogP contribution is 2.23. The summed E-state index contributed by atoms with van der Waals surface area (Å²) in [6.45, 7) is 3.13. The van der Waals surface area contributed by atoms with Gasteiger partial charge in [-0.15, -0.1) is 0 Å². The standard InChI is InChI=1S/C10H14N2OS/c1-2-14-7-9-11-10(13)6-8-4-3-5-12(8)9/h4,6,13H,2-3,5,7H2,1H3. The number of aliphatic hydroxyl groups is 1. The lowest BCUT2D eigenvalue weighted by Crippen LogP contribution is -2.31. The Hall–Kier alpha value is -0.900. The molecule has 0 unspecified atom stereocenters. The molecule has 0 aromatic heterocycles. The van der Waals surface area contributed by atoms with Gasteiger partial charge in [0.15, 0.2) is 0 Å². The smallest absolute Gasteiger partial charge is 0.214 e. The summed E-state index contributed by atoms with van der Waals surface area (Å²) in [6, 6.07) is 0. The Kier molecular flexibility index (Phi) is 2.82. The van der Waals surface area contributed by atoms with Gasteiger partial charge in [-0.2, -0.15) is 16.8 Å². The molecular formula is C10H14N2OS. The number of amidine groups is 1. The van der Waals surface area contributed by atoms with Crippen molar-refractivity contribution in [3.8, 4) is 0 Å². The van der Waals surface area contributed by atoms with Gasteiger partial charge in [0.25, 0.3) is 0 Å². The summed E-state index contributed by atoms with van der Waals surface area (Å²) >= 11 is 1.83. The van der Waals surface area contributed by atoms with Crippen LogP contribution in [0.1, 0.15) is 13.3 Å². The first-order valence-electron chi connectivity index (χ1n) is 4.85. The molecule has 14 heavy (non-hydrogen) atoms. The maximum atomic E-state index is 9.42. The number of hydrogen-bond acceptors (Lipinski definition) is 4. The molecule has 4 heteroatoms. The minimum atomic E-state index is 0.140. The lowest BCUT2D eigenvalue weighted by atomic mass is 10.3. The predicted octanol–water partition coefficient (Wildman–Crippen LogP) is 2.14. The fourth-order valence-corrected chi connectivity index (χ4v) is 2.26. The highest BCUT2D eigenvalue weighted by molar-refractivity contribution is 7.99. The van der Waals surface area contributed by atoms with E-state index in [0.29, 0.717) is 0 Å². The van der Waals surface area contributed by atoms with Crippen molar-refractivity contribution < 1.29 is 5.11 Å². The van der Waals surface area contributed by atoms with E-state index in [1.54, 1.807) is 6.08 Å². The van der Waals surface area contributed by atoms with E-state index in [1.807, 2.05) is 11.8 Å². The van der Waals surface area contributed by atoms with Crippen LogP contribution < -0.4 is 0 Å². The van der Waals surface area contributed by atoms with Crippen molar-refractivity contribution in [2.45, 2.75) is 13.3 Å². The van der Waals surface area contributed by atoms with Gasteiger partial charge in [0.1, 0.15) is 5.84 Å². The van der Waals surface area contributed by atoms with E-state index in [-0.39, 0.29) is 5.88 Å². The molecule has 2 aliphatic rings. The second-order valence-electron chi connectivity index (χ2n) is 3.24. The zero-order valence-corrected chi connectivity index (χ0v) is 9.05. The summed E-state index contributed by atoms with van der Waals surface area (Å²) in [5.41, 5.74) is 1.10. The first-order valence-corrected chi connectivity index (χ1v) is 6.00. The van der Waals surface area contributed by atoms with Crippen molar-refractivity contribution >= 4 is 17.6 Å². The first-order chi connectivity index (χ1) is 6.81. The molecule has 0 saturated heterocycles. The van der Waals surface area contributed by atoms with Crippen LogP contribution >= 0.6 is 11.8 Å². The van der Waals surface area contributed by atoms with Crippen LogP contribution in [-0.4, -0.2) is 33.9 Å². The SMILES string of the molecule is CCSCC1=NC(O)=CC2=CCCN21. The monoisotopic (exact) mass is 210 g/mol. The Morgan fingerprint density at radius 1 is 1.64 bits per heavy atom. The molecule has 0 bridgehead atoms. The van der Waals surface area contributed by atoms with Gasteiger partial charge in [-0.05, 0) is 12.2 Å². The molecule has 0 fully saturated rings. The number of thioether (sulfide) groups is 1. The largest absolute Gasteiger partial charge is 0.493 e. The number of nitrogens with zero attached hydrogens (tertiary/aromatic N) is 2. The minimum absolute atomic E-state index is 0.140. The lowest BCUT2D eigenvalue weighted by molar-refractivity contribution is 0.394. The van der Waals surface area contributed by atoms with Gasteiger partial charge in [-0.25, -0.2) is 0 Å². The Morgan fingerprint density at radius 3 is 3.29 bits per heavy atom. The number of aliphatic imine (C=N–C) groups is 1. The highest BCUT2D eigenvalue weighted by Gasteiger charge is 2.22. The molecule has 2 aliphatic heterocycles. The quantitative estimate of drug-likeness (QED) is 0.775. The average molecular weight is 210 g/mol. The maximum Gasteiger partial charge on any atom is 0.214 e. The molecule has 3 nitrogen and oxygen atoms in total. The topological polar surface area (TPSA) is 35.8 Å². The molecule has 0 atom stereocenters. The van der Waals surface area contributed by atoms with Crippen molar-refractivity contribution in [2.24, 2.45) is 4.99 Å². The fourth-order valence-electron chi connectivity index (χ4n) is 1.66. The van der Waals surface area contributed by atoms with Crippen molar-refractivity contribution in [3.05, 3.63) is 23.7 Å². The normalized spacial score (nSPS) is 20.1. The number of hydrogen-bond donors (Lipinski definition) is 1. The average Bonchev–Trinajstić information content (AvgIpc) is 2.61. The van der Waals surface area contributed by atoms with Crippen LogP contribution in [0.15, 0.2) is 28.7 Å². The molecule has 2 rings (SSSR count). The van der Waals surface area contributed by atoms with E-state index >= 15 is 0 Å². The van der Waals surface area contributed by atoms with Gasteiger partial charge in [0.2, 0.25) is 5.88 Å². The van der Waals surface area contributed by atoms with Gasteiger partial charge < -0.3 is 10.0 Å². The van der Waals surface area contributed by atoms with Crippen molar-refractivity contribution in [1.82, 2.24) is 4.90 Å². The zero-order chi connectivity index (χ0) is 9.97. The number of allylic oxidation sites excluding steroid dienone is 1. The van der Waals surface area contributed by atoms with E-state index in [2.05, 4.69) is 22.9 Å². The third-order valence-electron chi connectivity index (χ3n) is 2.29. The number of aliphatic hydroxyl groups excluding tert-OH is 1. The zero-order valence-electron chi connectivity index (χ0n) is 8.23. The summed E-state index contributed by atoms with van der Waals surface area (Å²) in [6.07, 6.45) is 4.92. The Morgan fingerprint density at radius 2 is 2.50 bits per heavy atom. The van der Waals surface area contributed by atoms with Crippen LogP contribution in [0.25, 0.3) is 0 Å². The summed E-state index contributed by atoms with van der Waals surface area (Å²) in [5, 5.41) is 9.42. The van der Waals surface area contributed by atoms with E-state index < -0.39 is 0 Å². The molecule has 0 aliphatic carbocycles. The van der Waals surface area contributed by atoms with Crippen LogP contribution in [-0.2, 0) is 0 Å². The molecule has 2 heterocycles. The van der Waals surface area contributed by atoms with Gasteiger partial charge in [-0.1, -0.05) is 13.0 Å². The van der Waals surface area contributed by atoms with Crippen LogP contribution in [0, 0.1) is 0 Å². The van der Waals surface area contributed by atoms with Gasteiger partial charge in [0, 0.05) is 18.3 Å². The molecule has 0 aromatic rings. The maximum absolute atomic E-state index is 9.42. The second-order valence-corrected chi connectivity index (χ2v) is 4.51. The number of fused-ring (bicyclic) bond motifs is 1. The van der Waals surface area contributed by atoms with Crippen molar-refractivity contribution in [3.63, 3.8) is 0 Å². The third kappa shape index (κ3) is 1.80. The summed E-state index contributed by atoms with van der Waals surface area (Å²) in [4.78, 5) is 6.34. The minimum Gasteiger partial charge on any atom is -0.493 e. The van der Waals surface area contributed by atoms with Gasteiger partial charge in [-0.3, -0.25) is 0 Å². The summed E-state index contributed by atoms with van der Waals surface area (Å²) in [5.74, 6) is 3.09. The highest BCUT2D eigenvalue weighted by atomic mass is 32.2. The molecule has 1 N–H and O–H groups in total. The number of rotatable bonds is 3. The lowest BCUT2D eigenvalue weighted by Gasteiger charge is -2.25. The molecule has 0 amide bonds. The molecule has 0 spiro atoms. The van der Waals surface area contributed by atoms with E-state index in [4.69, 9.17) is 0 Å². The second kappa shape index (κ2) is 4.09. The Bertz CT molecular complexity index is 320. The van der Waals surface area contributed by atoms with Gasteiger partial charge >= 0.3 is 0 Å². The molecule has 0 aromatic carbocycles. The van der Waals surface area contributed by atoms with Crippen LogP contribution in [0.3, 0.4) is 0 Å². The molecule has 0 radical (unpaired) electrons. The summed E-state index contributed by atoms with van der Waals surface area (Å²) in [7, 11) is 0. The summed E-state index contributed by atoms with van der Waals surface area (Å²) < 4.78 is 0. The van der Waals surface area contributed by atoms with E-state index in [1.165, 1.54) is 0 Å². The van der Waals surface area contributed by atoms with Crippen LogP contribution in [0.4, 0.5) is 0 Å². The molecular weight excluding hydrogens is 196 g/mol. The third-order valence-corrected chi connectivity index (χ3v) is 3.16. The van der Waals surface area contributed by atoms with E-state index in [0.717, 1.165) is 36.0 Å². The van der Waals surface area contributed by atoms with Gasteiger partial charge in [0.05, 0.1) is 5.75 Å². The van der Waals surface area contributed by atoms with Crippen LogP contribution in [0.2, 0.25) is 0 Å². The van der Waals surface area contributed by atoms with E-state index in [9.17, 15) is 5.11 Å². The Labute approximate surface area is 88.2 Å². The fraction of sp³-hybridized carbons (Fsp3) is 0.500. The van der Waals surface area contributed by atoms with Crippen molar-refractivity contribution in [2.75, 3.05) is 18.1 Å². The Balaban J connectivity index is 2.14. The predicted molar refractivity (Wildman–Crippen MR) is 60.6 cm³/mol. The molecule has 76 valence electrons. The van der Waals surface area contributed by atoms with Crippen molar-refractivity contribution in [1.29, 1.82) is 0 Å².